The molecule has 0 radical (unpaired) electrons. The second kappa shape index (κ2) is 13.0. The minimum absolute atomic E-state index is 0.750. The predicted molar refractivity (Wildman–Crippen MR) is 46.4 cm³/mol. The lowest BCUT2D eigenvalue weighted by atomic mass is 10.9. The molecule has 2 N–H and O–H groups in total. The Balaban J connectivity index is -0.000000117. The van der Waals surface area contributed by atoms with E-state index < -0.39 is 11.9 Å². The fourth-order valence-corrected chi connectivity index (χ4v) is 0. The van der Waals surface area contributed by atoms with E-state index in [0.717, 1.165) is 20.3 Å². The maximum Gasteiger partial charge on any atom is 0.300 e. The molecule has 0 saturated carbocycles. The van der Waals surface area contributed by atoms with Crippen LogP contribution < -0.4 is 0 Å². The van der Waals surface area contributed by atoms with E-state index in [2.05, 4.69) is 0 Å². The van der Waals surface area contributed by atoms with E-state index in [1.54, 1.807) is 14.1 Å². The van der Waals surface area contributed by atoms with Crippen molar-refractivity contribution in [3.05, 3.63) is 0 Å². The summed E-state index contributed by atoms with van der Waals surface area (Å²) in [7, 11) is 3.38. The van der Waals surface area contributed by atoms with Gasteiger partial charge in [-0.25, -0.2) is 0 Å². The van der Waals surface area contributed by atoms with Crippen LogP contribution in [0, 0.1) is 0 Å². The Hall–Kier alpha value is -1.59. The molecule has 0 atom stereocenters. The SMILES string of the molecule is CC(=O)O.CC(=O)O.CN(C)C=O. The summed E-state index contributed by atoms with van der Waals surface area (Å²) in [6, 6.07) is 0. The largest absolute Gasteiger partial charge is 0.481 e. The average molecular weight is 193 g/mol. The molecular formula is C7H15NO5. The molecule has 0 bridgehead atoms. The molecule has 6 heteroatoms. The lowest BCUT2D eigenvalue weighted by molar-refractivity contribution is -0.135. The van der Waals surface area contributed by atoms with Crippen molar-refractivity contribution in [3.8, 4) is 0 Å². The second-order valence-corrected chi connectivity index (χ2v) is 2.11. The van der Waals surface area contributed by atoms with Crippen LogP contribution in [0.4, 0.5) is 0 Å². The fourth-order valence-electron chi connectivity index (χ4n) is 0. The molecule has 0 spiro atoms. The molecule has 0 aromatic heterocycles. The number of hydrogen-bond acceptors (Lipinski definition) is 3. The normalized spacial score (nSPS) is 6.46. The first-order valence-corrected chi connectivity index (χ1v) is 3.24. The minimum atomic E-state index is -0.833. The summed E-state index contributed by atoms with van der Waals surface area (Å²) in [4.78, 5) is 28.9. The number of rotatable bonds is 1. The lowest BCUT2D eigenvalue weighted by Crippen LogP contribution is -2.06. The molecular weight excluding hydrogens is 178 g/mol. The third-order valence-corrected chi connectivity index (χ3v) is 0.211. The van der Waals surface area contributed by atoms with Gasteiger partial charge in [0.2, 0.25) is 6.41 Å². The van der Waals surface area contributed by atoms with Gasteiger partial charge in [-0.05, 0) is 0 Å². The number of carboxylic acid groups (broad SMARTS) is 2. The molecule has 0 unspecified atom stereocenters. The Bertz CT molecular complexity index is 135. The topological polar surface area (TPSA) is 94.9 Å². The molecule has 0 aromatic rings. The third kappa shape index (κ3) is 4380. The van der Waals surface area contributed by atoms with Gasteiger partial charge < -0.3 is 15.1 Å². The van der Waals surface area contributed by atoms with E-state index in [4.69, 9.17) is 19.8 Å². The predicted octanol–water partition coefficient (Wildman–Crippen LogP) is -0.114. The van der Waals surface area contributed by atoms with Gasteiger partial charge in [0, 0.05) is 27.9 Å². The van der Waals surface area contributed by atoms with Crippen LogP contribution in [0.1, 0.15) is 13.8 Å². The summed E-state index contributed by atoms with van der Waals surface area (Å²) >= 11 is 0. The molecule has 0 fully saturated rings. The summed E-state index contributed by atoms with van der Waals surface area (Å²) in [5, 5.41) is 14.8. The van der Waals surface area contributed by atoms with Gasteiger partial charge in [-0.1, -0.05) is 0 Å². The van der Waals surface area contributed by atoms with Crippen LogP contribution in [0.15, 0.2) is 0 Å². The molecule has 0 saturated heterocycles. The highest BCUT2D eigenvalue weighted by molar-refractivity contribution is 5.63. The van der Waals surface area contributed by atoms with E-state index in [1.807, 2.05) is 0 Å². The number of carboxylic acids is 2. The van der Waals surface area contributed by atoms with Gasteiger partial charge in [0.25, 0.3) is 11.9 Å². The van der Waals surface area contributed by atoms with E-state index in [0.29, 0.717) is 0 Å². The zero-order valence-electron chi connectivity index (χ0n) is 8.14. The van der Waals surface area contributed by atoms with Crippen molar-refractivity contribution < 1.29 is 24.6 Å². The van der Waals surface area contributed by atoms with Crippen molar-refractivity contribution in [2.75, 3.05) is 14.1 Å². The Morgan fingerprint density at radius 1 is 1.08 bits per heavy atom. The summed E-state index contributed by atoms with van der Waals surface area (Å²) in [5.41, 5.74) is 0. The van der Waals surface area contributed by atoms with Crippen LogP contribution in [-0.4, -0.2) is 47.6 Å². The number of amides is 1. The maximum absolute atomic E-state index is 9.43. The van der Waals surface area contributed by atoms with Gasteiger partial charge in [-0.15, -0.1) is 0 Å². The first-order chi connectivity index (χ1) is 5.73. The van der Waals surface area contributed by atoms with Gasteiger partial charge >= 0.3 is 0 Å². The van der Waals surface area contributed by atoms with E-state index in [1.165, 1.54) is 4.90 Å². The van der Waals surface area contributed by atoms with E-state index in [-0.39, 0.29) is 0 Å². The molecule has 6 nitrogen and oxygen atoms in total. The molecule has 0 aromatic carbocycles. The Labute approximate surface area is 76.8 Å². The number of carbonyl (C=O) groups is 3. The number of aliphatic carboxylic acids is 2. The first-order valence-electron chi connectivity index (χ1n) is 3.24. The molecule has 13 heavy (non-hydrogen) atoms. The van der Waals surface area contributed by atoms with E-state index >= 15 is 0 Å². The lowest BCUT2D eigenvalue weighted by Gasteiger charge is -1.93. The molecule has 0 heterocycles. The van der Waals surface area contributed by atoms with Crippen LogP contribution in [0.2, 0.25) is 0 Å². The number of nitrogens with zero attached hydrogens (tertiary/aromatic N) is 1. The number of carbonyl (C=O) groups excluding carboxylic acids is 1. The van der Waals surface area contributed by atoms with Crippen molar-refractivity contribution >= 4 is 18.3 Å². The molecule has 78 valence electrons. The summed E-state index contributed by atoms with van der Waals surface area (Å²) in [6.45, 7) is 2.17. The van der Waals surface area contributed by atoms with Gasteiger partial charge in [0.15, 0.2) is 0 Å². The van der Waals surface area contributed by atoms with Crippen LogP contribution in [0.5, 0.6) is 0 Å². The van der Waals surface area contributed by atoms with Gasteiger partial charge in [0.05, 0.1) is 0 Å². The molecule has 0 aliphatic carbocycles. The smallest absolute Gasteiger partial charge is 0.300 e. The van der Waals surface area contributed by atoms with Crippen molar-refractivity contribution in [3.63, 3.8) is 0 Å². The Kier molecular flexibility index (Phi) is 17.5. The van der Waals surface area contributed by atoms with Crippen molar-refractivity contribution in [1.29, 1.82) is 0 Å². The summed E-state index contributed by atoms with van der Waals surface area (Å²) in [6.07, 6.45) is 0.750. The molecule has 0 aliphatic heterocycles. The Morgan fingerprint density at radius 3 is 1.15 bits per heavy atom. The monoisotopic (exact) mass is 193 g/mol. The van der Waals surface area contributed by atoms with Gasteiger partial charge in [0.1, 0.15) is 0 Å². The van der Waals surface area contributed by atoms with Crippen LogP contribution >= 0.6 is 0 Å². The third-order valence-electron chi connectivity index (χ3n) is 0.211. The molecule has 0 rings (SSSR count). The second-order valence-electron chi connectivity index (χ2n) is 2.11. The Morgan fingerprint density at radius 2 is 1.15 bits per heavy atom. The molecule has 1 amide bonds. The van der Waals surface area contributed by atoms with Gasteiger partial charge in [-0.2, -0.15) is 0 Å². The maximum atomic E-state index is 9.43. The highest BCUT2D eigenvalue weighted by Gasteiger charge is 1.68. The summed E-state index contributed by atoms with van der Waals surface area (Å²) in [5.74, 6) is -1.67. The van der Waals surface area contributed by atoms with Crippen molar-refractivity contribution in [1.82, 2.24) is 4.90 Å². The highest BCUT2D eigenvalue weighted by atomic mass is 16.4. The van der Waals surface area contributed by atoms with Crippen LogP contribution in [-0.2, 0) is 14.4 Å². The minimum Gasteiger partial charge on any atom is -0.481 e. The zero-order valence-corrected chi connectivity index (χ0v) is 8.14. The zero-order chi connectivity index (χ0) is 11.4. The highest BCUT2D eigenvalue weighted by Crippen LogP contribution is 1.52. The van der Waals surface area contributed by atoms with Crippen LogP contribution in [0.25, 0.3) is 0 Å². The van der Waals surface area contributed by atoms with Crippen molar-refractivity contribution in [2.24, 2.45) is 0 Å². The van der Waals surface area contributed by atoms with Gasteiger partial charge in [-0.3, -0.25) is 14.4 Å². The van der Waals surface area contributed by atoms with Crippen LogP contribution in [0.3, 0.4) is 0 Å². The first kappa shape index (κ1) is 17.5. The standard InChI is InChI=1S/C3H7NO.2C2H4O2/c1-4(2)3-5;2*1-2(3)4/h3H,1-2H3;2*1H3,(H,3,4). The number of hydrogen-bond donors (Lipinski definition) is 2. The fraction of sp³-hybridized carbons (Fsp3) is 0.571. The molecule has 0 aliphatic rings. The quantitative estimate of drug-likeness (QED) is 0.566. The summed E-state index contributed by atoms with van der Waals surface area (Å²) < 4.78 is 0. The average Bonchev–Trinajstić information content (AvgIpc) is 1.84. The van der Waals surface area contributed by atoms with E-state index in [9.17, 15) is 4.79 Å². The van der Waals surface area contributed by atoms with Crippen molar-refractivity contribution in [2.45, 2.75) is 13.8 Å².